The molecule has 7 heteroatoms. The number of cyclic esters (lactones) is 1. The van der Waals surface area contributed by atoms with E-state index in [9.17, 15) is 14.8 Å². The summed E-state index contributed by atoms with van der Waals surface area (Å²) in [6.45, 7) is 10.2. The molecule has 3 rings (SSSR count). The quantitative estimate of drug-likeness (QED) is 0.774. The maximum Gasteiger partial charge on any atom is 0.410 e. The van der Waals surface area contributed by atoms with Crippen LogP contribution in [0.1, 0.15) is 60.8 Å². The fraction of sp³-hybridized carbons (Fsp3) is 0.579. The minimum atomic E-state index is -0.576. The van der Waals surface area contributed by atoms with Gasteiger partial charge in [0.2, 0.25) is 0 Å². The zero-order valence-electron chi connectivity index (χ0n) is 15.9. The average Bonchev–Trinajstić information content (AvgIpc) is 2.91. The molecule has 2 heterocycles. The normalized spacial score (nSPS) is 23.6. The van der Waals surface area contributed by atoms with Crippen molar-refractivity contribution in [3.63, 3.8) is 0 Å². The number of carbonyl (C=O) groups is 2. The molecule has 2 atom stereocenters. The Morgan fingerprint density at radius 2 is 2.00 bits per heavy atom. The summed E-state index contributed by atoms with van der Waals surface area (Å²) in [7, 11) is 0. The Hall–Kier alpha value is -2.12. The molecule has 0 spiro atoms. The number of benzene rings is 1. The fourth-order valence-electron chi connectivity index (χ4n) is 3.52. The second kappa shape index (κ2) is 6.55. The lowest BCUT2D eigenvalue weighted by Crippen LogP contribution is -2.54. The van der Waals surface area contributed by atoms with Gasteiger partial charge in [0, 0.05) is 18.7 Å². The predicted molar refractivity (Wildman–Crippen MR) is 93.9 cm³/mol. The molecule has 1 N–H and O–H groups in total. The lowest BCUT2D eigenvalue weighted by atomic mass is 9.92. The van der Waals surface area contributed by atoms with Gasteiger partial charge in [-0.15, -0.1) is 0 Å². The van der Waals surface area contributed by atoms with E-state index in [1.807, 2.05) is 40.7 Å². The van der Waals surface area contributed by atoms with Gasteiger partial charge in [-0.1, -0.05) is 6.07 Å². The Morgan fingerprint density at radius 1 is 1.31 bits per heavy atom. The summed E-state index contributed by atoms with van der Waals surface area (Å²) in [5, 5.41) is 11.9. The van der Waals surface area contributed by atoms with Crippen LogP contribution < -0.4 is 0 Å². The zero-order chi connectivity index (χ0) is 19.2. The van der Waals surface area contributed by atoms with Gasteiger partial charge in [-0.05, 0) is 51.8 Å². The number of amides is 1. The van der Waals surface area contributed by atoms with Gasteiger partial charge in [-0.25, -0.2) is 9.59 Å². The molecular weight excluding hydrogens is 336 g/mol. The first kappa shape index (κ1) is 18.7. The number of hydroxylamine groups is 2. The van der Waals surface area contributed by atoms with Crippen LogP contribution in [0.2, 0.25) is 0 Å². The Kier molecular flexibility index (Phi) is 4.71. The van der Waals surface area contributed by atoms with Crippen molar-refractivity contribution in [1.29, 1.82) is 0 Å². The van der Waals surface area contributed by atoms with E-state index in [1.165, 1.54) is 5.06 Å². The molecule has 2 aliphatic rings. The first-order chi connectivity index (χ1) is 12.1. The van der Waals surface area contributed by atoms with E-state index >= 15 is 0 Å². The van der Waals surface area contributed by atoms with Crippen molar-refractivity contribution in [1.82, 2.24) is 9.96 Å². The molecular formula is C19H26N2O5. The van der Waals surface area contributed by atoms with Crippen LogP contribution in [-0.4, -0.2) is 52.0 Å². The average molecular weight is 362 g/mol. The fourth-order valence-corrected chi connectivity index (χ4v) is 3.52. The molecule has 1 amide bonds. The van der Waals surface area contributed by atoms with Crippen LogP contribution in [0.4, 0.5) is 4.79 Å². The van der Waals surface area contributed by atoms with Crippen molar-refractivity contribution < 1.29 is 24.3 Å². The maximum atomic E-state index is 12.5. The highest BCUT2D eigenvalue weighted by Gasteiger charge is 2.38. The number of rotatable bonds is 1. The van der Waals surface area contributed by atoms with Gasteiger partial charge in [0.05, 0.1) is 17.6 Å². The monoisotopic (exact) mass is 362 g/mol. The summed E-state index contributed by atoms with van der Waals surface area (Å²) in [5.41, 5.74) is 2.64. The second-order valence-corrected chi connectivity index (χ2v) is 8.01. The molecule has 7 nitrogen and oxygen atoms in total. The molecule has 0 saturated carbocycles. The number of hydrogen-bond acceptors (Lipinski definition) is 6. The molecule has 0 aliphatic carbocycles. The zero-order valence-corrected chi connectivity index (χ0v) is 15.9. The topological polar surface area (TPSA) is 79.3 Å². The van der Waals surface area contributed by atoms with Crippen molar-refractivity contribution in [2.45, 2.75) is 58.9 Å². The largest absolute Gasteiger partial charge is 0.457 e. The summed E-state index contributed by atoms with van der Waals surface area (Å²) in [6.07, 6.45) is -0.389. The molecule has 0 radical (unpaired) electrons. The number of esters is 1. The highest BCUT2D eigenvalue weighted by Crippen LogP contribution is 2.34. The van der Waals surface area contributed by atoms with E-state index in [0.717, 1.165) is 16.7 Å². The number of carbonyl (C=O) groups excluding carboxylic acids is 2. The first-order valence-corrected chi connectivity index (χ1v) is 8.83. The van der Waals surface area contributed by atoms with Crippen LogP contribution in [0.3, 0.4) is 0 Å². The van der Waals surface area contributed by atoms with E-state index in [4.69, 9.17) is 9.47 Å². The summed E-state index contributed by atoms with van der Waals surface area (Å²) >= 11 is 0. The summed E-state index contributed by atoms with van der Waals surface area (Å²) in [5.74, 6) is -0.317. The van der Waals surface area contributed by atoms with Gasteiger partial charge in [0.15, 0.2) is 0 Å². The van der Waals surface area contributed by atoms with E-state index in [2.05, 4.69) is 0 Å². The van der Waals surface area contributed by atoms with Gasteiger partial charge in [-0.3, -0.25) is 0 Å². The molecule has 142 valence electrons. The van der Waals surface area contributed by atoms with Gasteiger partial charge < -0.3 is 19.6 Å². The molecule has 0 unspecified atom stereocenters. The molecule has 26 heavy (non-hydrogen) atoms. The Morgan fingerprint density at radius 3 is 2.65 bits per heavy atom. The number of piperazine rings is 1. The standard InChI is InChI=1S/C19H26N2O5/c1-11-8-20(18(23)26-19(3,4)5)9-16(21(11)24)13-6-7-14-15(12(13)2)10-25-17(14)22/h6-7,11,16,24H,8-10H2,1-5H3/t11-,16+/m0/s1. The van der Waals surface area contributed by atoms with Crippen molar-refractivity contribution in [2.75, 3.05) is 13.1 Å². The Balaban J connectivity index is 1.89. The van der Waals surface area contributed by atoms with Crippen molar-refractivity contribution in [2.24, 2.45) is 0 Å². The number of hydrogen-bond donors (Lipinski definition) is 1. The van der Waals surface area contributed by atoms with E-state index in [-0.39, 0.29) is 24.7 Å². The van der Waals surface area contributed by atoms with Crippen LogP contribution in [0, 0.1) is 6.92 Å². The van der Waals surface area contributed by atoms with Gasteiger partial charge in [-0.2, -0.15) is 5.06 Å². The summed E-state index contributed by atoms with van der Waals surface area (Å²) < 4.78 is 10.6. The lowest BCUT2D eigenvalue weighted by Gasteiger charge is -2.43. The van der Waals surface area contributed by atoms with E-state index in [0.29, 0.717) is 18.7 Å². The third-order valence-electron chi connectivity index (χ3n) is 4.87. The Labute approximate surface area is 153 Å². The molecule has 1 saturated heterocycles. The number of fused-ring (bicyclic) bond motifs is 1. The first-order valence-electron chi connectivity index (χ1n) is 8.83. The van der Waals surface area contributed by atoms with Crippen LogP contribution >= 0.6 is 0 Å². The molecule has 0 bridgehead atoms. The second-order valence-electron chi connectivity index (χ2n) is 8.01. The maximum absolute atomic E-state index is 12.5. The highest BCUT2D eigenvalue weighted by atomic mass is 16.6. The number of nitrogens with zero attached hydrogens (tertiary/aromatic N) is 2. The van der Waals surface area contributed by atoms with Crippen LogP contribution in [0.5, 0.6) is 0 Å². The lowest BCUT2D eigenvalue weighted by molar-refractivity contribution is -0.185. The van der Waals surface area contributed by atoms with E-state index in [1.54, 1.807) is 11.0 Å². The van der Waals surface area contributed by atoms with Crippen molar-refractivity contribution >= 4 is 12.1 Å². The predicted octanol–water partition coefficient (Wildman–Crippen LogP) is 3.04. The van der Waals surface area contributed by atoms with Crippen molar-refractivity contribution in [3.05, 3.63) is 34.4 Å². The number of ether oxygens (including phenoxy) is 2. The highest BCUT2D eigenvalue weighted by molar-refractivity contribution is 5.94. The van der Waals surface area contributed by atoms with Gasteiger partial charge >= 0.3 is 12.1 Å². The summed E-state index contributed by atoms with van der Waals surface area (Å²) in [4.78, 5) is 25.9. The molecule has 0 aromatic heterocycles. The van der Waals surface area contributed by atoms with Crippen LogP contribution in [-0.2, 0) is 16.1 Å². The summed E-state index contributed by atoms with van der Waals surface area (Å²) in [6, 6.07) is 2.93. The van der Waals surface area contributed by atoms with Gasteiger partial charge in [0.25, 0.3) is 0 Å². The van der Waals surface area contributed by atoms with Crippen LogP contribution in [0.15, 0.2) is 12.1 Å². The van der Waals surface area contributed by atoms with Crippen LogP contribution in [0.25, 0.3) is 0 Å². The third-order valence-corrected chi connectivity index (χ3v) is 4.87. The SMILES string of the molecule is Cc1c([C@H]2CN(C(=O)OC(C)(C)C)C[C@H](C)N2O)ccc2c1COC2=O. The van der Waals surface area contributed by atoms with E-state index < -0.39 is 11.6 Å². The third kappa shape index (κ3) is 3.41. The van der Waals surface area contributed by atoms with Crippen molar-refractivity contribution in [3.8, 4) is 0 Å². The minimum absolute atomic E-state index is 0.244. The van der Waals surface area contributed by atoms with Gasteiger partial charge in [0.1, 0.15) is 12.2 Å². The minimum Gasteiger partial charge on any atom is -0.457 e. The molecule has 1 fully saturated rings. The smallest absolute Gasteiger partial charge is 0.410 e. The molecule has 1 aromatic carbocycles. The molecule has 2 aliphatic heterocycles. The Bertz CT molecular complexity index is 740. The molecule has 1 aromatic rings.